The van der Waals surface area contributed by atoms with Gasteiger partial charge in [-0.3, -0.25) is 9.79 Å². The summed E-state index contributed by atoms with van der Waals surface area (Å²) in [5.74, 6) is -0.687. The molecule has 29 heavy (non-hydrogen) atoms. The zero-order valence-electron chi connectivity index (χ0n) is 16.1. The van der Waals surface area contributed by atoms with Gasteiger partial charge in [0.1, 0.15) is 11.6 Å². The quantitative estimate of drug-likeness (QED) is 0.626. The van der Waals surface area contributed by atoms with Gasteiger partial charge in [0.15, 0.2) is 6.10 Å². The van der Waals surface area contributed by atoms with Crippen molar-refractivity contribution in [1.82, 2.24) is 4.98 Å². The van der Waals surface area contributed by atoms with Crippen LogP contribution in [0.4, 0.5) is 18.9 Å². The second-order valence-electron chi connectivity index (χ2n) is 7.09. The number of alkyl halides is 3. The molecular weight excluding hydrogens is 403 g/mol. The summed E-state index contributed by atoms with van der Waals surface area (Å²) < 4.78 is 46.2. The number of nitrogens with zero attached hydrogens (tertiary/aromatic N) is 2. The van der Waals surface area contributed by atoms with Gasteiger partial charge in [-0.2, -0.15) is 13.2 Å². The van der Waals surface area contributed by atoms with E-state index < -0.39 is 24.8 Å². The SMILES string of the molecule is CC(=Nc1c(C(OCC(N)=O)C(F)(F)F)ccc(-c2nccs2)c1C)C1CCC1. The molecule has 1 aliphatic rings. The van der Waals surface area contributed by atoms with Crippen molar-refractivity contribution >= 4 is 28.6 Å². The highest BCUT2D eigenvalue weighted by Crippen LogP contribution is 2.44. The number of hydrogen-bond donors (Lipinski definition) is 1. The van der Waals surface area contributed by atoms with E-state index in [0.29, 0.717) is 10.6 Å². The Balaban J connectivity index is 2.13. The number of aliphatic imine (C=N–C) groups is 1. The fraction of sp³-hybridized carbons (Fsp3) is 0.450. The Hall–Kier alpha value is -2.26. The summed E-state index contributed by atoms with van der Waals surface area (Å²) in [5.41, 5.74) is 7.20. The largest absolute Gasteiger partial charge is 0.418 e. The second kappa shape index (κ2) is 8.62. The highest BCUT2D eigenvalue weighted by atomic mass is 32.1. The van der Waals surface area contributed by atoms with Crippen molar-refractivity contribution in [3.63, 3.8) is 0 Å². The lowest BCUT2D eigenvalue weighted by molar-refractivity contribution is -0.222. The number of thiazole rings is 1. The Kier molecular flexibility index (Phi) is 6.38. The van der Waals surface area contributed by atoms with Crippen LogP contribution in [-0.2, 0) is 9.53 Å². The lowest BCUT2D eigenvalue weighted by atomic mass is 9.82. The van der Waals surface area contributed by atoms with Crippen molar-refractivity contribution in [3.8, 4) is 10.6 Å². The van der Waals surface area contributed by atoms with Crippen LogP contribution < -0.4 is 5.73 Å². The topological polar surface area (TPSA) is 77.6 Å². The van der Waals surface area contributed by atoms with Gasteiger partial charge >= 0.3 is 6.18 Å². The standard InChI is InChI=1S/C20H22F3N3O2S/c1-11-14(19-25-8-9-29-19)6-7-15(17(11)26-12(2)13-4-3-5-13)18(20(21,22)23)28-10-16(24)27/h6-9,13,18H,3-5,10H2,1-2H3,(H2,24,27). The fourth-order valence-corrected chi connectivity index (χ4v) is 4.01. The third-order valence-corrected chi connectivity index (χ3v) is 5.89. The van der Waals surface area contributed by atoms with Crippen molar-refractivity contribution in [1.29, 1.82) is 0 Å². The van der Waals surface area contributed by atoms with E-state index in [2.05, 4.69) is 9.98 Å². The number of amides is 1. The summed E-state index contributed by atoms with van der Waals surface area (Å²) in [6.45, 7) is 2.74. The number of hydrogen-bond acceptors (Lipinski definition) is 5. The average Bonchev–Trinajstić information content (AvgIpc) is 3.09. The van der Waals surface area contributed by atoms with E-state index in [1.165, 1.54) is 17.4 Å². The van der Waals surface area contributed by atoms with Crippen LogP contribution in [0.1, 0.15) is 43.4 Å². The van der Waals surface area contributed by atoms with Crippen molar-refractivity contribution in [2.24, 2.45) is 16.6 Å². The predicted octanol–water partition coefficient (Wildman–Crippen LogP) is 5.12. The van der Waals surface area contributed by atoms with Gasteiger partial charge in [0.25, 0.3) is 0 Å². The molecule has 1 heterocycles. The molecule has 0 bridgehead atoms. The minimum Gasteiger partial charge on any atom is -0.368 e. The van der Waals surface area contributed by atoms with E-state index in [-0.39, 0.29) is 17.2 Å². The Morgan fingerprint density at radius 2 is 2.14 bits per heavy atom. The average molecular weight is 425 g/mol. The third-order valence-electron chi connectivity index (χ3n) is 5.08. The second-order valence-corrected chi connectivity index (χ2v) is 7.99. The normalized spacial score (nSPS) is 16.5. The molecule has 0 saturated heterocycles. The molecule has 1 amide bonds. The van der Waals surface area contributed by atoms with Gasteiger partial charge in [-0.25, -0.2) is 4.98 Å². The number of carbonyl (C=O) groups excluding carboxylic acids is 1. The minimum absolute atomic E-state index is 0.129. The first-order valence-electron chi connectivity index (χ1n) is 9.23. The third kappa shape index (κ3) is 4.84. The summed E-state index contributed by atoms with van der Waals surface area (Å²) >= 11 is 1.40. The monoisotopic (exact) mass is 425 g/mol. The number of benzene rings is 1. The molecule has 0 aliphatic heterocycles. The van der Waals surface area contributed by atoms with Crippen LogP contribution in [0.5, 0.6) is 0 Å². The molecule has 0 radical (unpaired) electrons. The number of ether oxygens (including phenoxy) is 1. The van der Waals surface area contributed by atoms with Crippen LogP contribution in [0, 0.1) is 12.8 Å². The van der Waals surface area contributed by atoms with Gasteiger partial charge < -0.3 is 10.5 Å². The number of halogens is 3. The van der Waals surface area contributed by atoms with Crippen LogP contribution >= 0.6 is 11.3 Å². The molecule has 156 valence electrons. The summed E-state index contributed by atoms with van der Waals surface area (Å²) in [6.07, 6.45) is -2.32. The smallest absolute Gasteiger partial charge is 0.368 e. The van der Waals surface area contributed by atoms with Crippen molar-refractivity contribution in [2.75, 3.05) is 6.61 Å². The minimum atomic E-state index is -4.72. The Bertz CT molecular complexity index is 906. The van der Waals surface area contributed by atoms with E-state index in [0.717, 1.165) is 30.5 Å². The summed E-state index contributed by atoms with van der Waals surface area (Å²) in [7, 11) is 0. The summed E-state index contributed by atoms with van der Waals surface area (Å²) in [4.78, 5) is 19.9. The number of primary amides is 1. The Labute approximate surface area is 170 Å². The number of rotatable bonds is 7. The molecular formula is C20H22F3N3O2S. The fourth-order valence-electron chi connectivity index (χ4n) is 3.29. The van der Waals surface area contributed by atoms with Gasteiger partial charge in [0, 0.05) is 28.4 Å². The van der Waals surface area contributed by atoms with Crippen molar-refractivity contribution < 1.29 is 22.7 Å². The zero-order valence-corrected chi connectivity index (χ0v) is 16.9. The van der Waals surface area contributed by atoms with Crippen LogP contribution in [0.3, 0.4) is 0 Å². The molecule has 9 heteroatoms. The molecule has 1 saturated carbocycles. The maximum absolute atomic E-state index is 13.8. The van der Waals surface area contributed by atoms with E-state index in [1.54, 1.807) is 24.6 Å². The van der Waals surface area contributed by atoms with E-state index >= 15 is 0 Å². The van der Waals surface area contributed by atoms with E-state index in [9.17, 15) is 18.0 Å². The van der Waals surface area contributed by atoms with Crippen molar-refractivity contribution in [3.05, 3.63) is 34.8 Å². The first-order chi connectivity index (χ1) is 13.7. The summed E-state index contributed by atoms with van der Waals surface area (Å²) in [6, 6.07) is 2.95. The van der Waals surface area contributed by atoms with E-state index in [1.807, 2.05) is 6.92 Å². The molecule has 1 aromatic carbocycles. The highest BCUT2D eigenvalue weighted by Gasteiger charge is 2.44. The molecule has 1 unspecified atom stereocenters. The lowest BCUT2D eigenvalue weighted by Crippen LogP contribution is -2.28. The van der Waals surface area contributed by atoms with Crippen LogP contribution in [0.15, 0.2) is 28.7 Å². The van der Waals surface area contributed by atoms with Crippen LogP contribution in [-0.4, -0.2) is 29.4 Å². The number of carbonyl (C=O) groups is 1. The molecule has 2 N–H and O–H groups in total. The van der Waals surface area contributed by atoms with Gasteiger partial charge in [-0.1, -0.05) is 18.6 Å². The lowest BCUT2D eigenvalue weighted by Gasteiger charge is -2.27. The number of nitrogens with two attached hydrogens (primary N) is 1. The maximum Gasteiger partial charge on any atom is 0.418 e. The van der Waals surface area contributed by atoms with E-state index in [4.69, 9.17) is 10.5 Å². The molecule has 2 aromatic rings. The Morgan fingerprint density at radius 1 is 1.41 bits per heavy atom. The summed E-state index contributed by atoms with van der Waals surface area (Å²) in [5, 5.41) is 2.51. The molecule has 1 fully saturated rings. The van der Waals surface area contributed by atoms with Gasteiger partial charge in [-0.05, 0) is 38.2 Å². The Morgan fingerprint density at radius 3 is 2.66 bits per heavy atom. The molecule has 0 spiro atoms. The molecule has 3 rings (SSSR count). The van der Waals surface area contributed by atoms with Gasteiger partial charge in [0.2, 0.25) is 5.91 Å². The van der Waals surface area contributed by atoms with Crippen molar-refractivity contribution in [2.45, 2.75) is 45.4 Å². The first-order valence-corrected chi connectivity index (χ1v) is 10.1. The van der Waals surface area contributed by atoms with Gasteiger partial charge in [-0.15, -0.1) is 11.3 Å². The number of aromatic nitrogens is 1. The first kappa shape index (κ1) is 21.4. The molecule has 1 aliphatic carbocycles. The predicted molar refractivity (Wildman–Crippen MR) is 106 cm³/mol. The van der Waals surface area contributed by atoms with Gasteiger partial charge in [0.05, 0.1) is 5.69 Å². The van der Waals surface area contributed by atoms with Crippen LogP contribution in [0.2, 0.25) is 0 Å². The molecule has 5 nitrogen and oxygen atoms in total. The zero-order chi connectivity index (χ0) is 21.2. The maximum atomic E-state index is 13.8. The highest BCUT2D eigenvalue weighted by molar-refractivity contribution is 7.13. The van der Waals surface area contributed by atoms with Crippen LogP contribution in [0.25, 0.3) is 10.6 Å². The molecule has 1 atom stereocenters. The molecule has 1 aromatic heterocycles.